The standard InChI is InChI=1S/C14H25NO/c1-3-4-5-8-12(2)15-14(16)11-13-9-6-7-10-13/h6,9,12-13H,3-5,7-8,10-11H2,1-2H3,(H,15,16)/t12-,13-/m0/s1. The minimum atomic E-state index is 0.223. The monoisotopic (exact) mass is 223 g/mol. The Morgan fingerprint density at radius 3 is 2.94 bits per heavy atom. The predicted molar refractivity (Wildman–Crippen MR) is 68.2 cm³/mol. The molecule has 0 radical (unpaired) electrons. The van der Waals surface area contributed by atoms with Crippen LogP contribution in [0.15, 0.2) is 12.2 Å². The molecule has 1 aliphatic rings. The Bertz CT molecular complexity index is 235. The molecule has 2 heteroatoms. The van der Waals surface area contributed by atoms with Crippen molar-refractivity contribution in [1.82, 2.24) is 5.32 Å². The number of unbranched alkanes of at least 4 members (excludes halogenated alkanes) is 2. The zero-order valence-electron chi connectivity index (χ0n) is 10.7. The molecule has 0 aromatic carbocycles. The van der Waals surface area contributed by atoms with Gasteiger partial charge in [0.2, 0.25) is 5.91 Å². The zero-order chi connectivity index (χ0) is 11.8. The fourth-order valence-corrected chi connectivity index (χ4v) is 2.21. The van der Waals surface area contributed by atoms with Crippen LogP contribution in [0.1, 0.15) is 58.8 Å². The van der Waals surface area contributed by atoms with E-state index in [4.69, 9.17) is 0 Å². The molecular formula is C14H25NO. The van der Waals surface area contributed by atoms with Crippen LogP contribution in [-0.2, 0) is 4.79 Å². The van der Waals surface area contributed by atoms with Crippen LogP contribution in [0.3, 0.4) is 0 Å². The van der Waals surface area contributed by atoms with Crippen LogP contribution < -0.4 is 5.32 Å². The summed E-state index contributed by atoms with van der Waals surface area (Å²) >= 11 is 0. The molecule has 1 N–H and O–H groups in total. The molecule has 1 amide bonds. The fraction of sp³-hybridized carbons (Fsp3) is 0.786. The molecule has 0 unspecified atom stereocenters. The van der Waals surface area contributed by atoms with Crippen molar-refractivity contribution in [3.8, 4) is 0 Å². The molecule has 1 aliphatic carbocycles. The molecule has 0 aromatic rings. The van der Waals surface area contributed by atoms with Crippen molar-refractivity contribution < 1.29 is 4.79 Å². The molecule has 2 atom stereocenters. The second-order valence-corrected chi connectivity index (χ2v) is 4.93. The lowest BCUT2D eigenvalue weighted by atomic mass is 10.0. The van der Waals surface area contributed by atoms with E-state index in [1.165, 1.54) is 19.3 Å². The van der Waals surface area contributed by atoms with Crippen LogP contribution >= 0.6 is 0 Å². The lowest BCUT2D eigenvalue weighted by Gasteiger charge is -2.15. The van der Waals surface area contributed by atoms with Crippen LogP contribution in [0.5, 0.6) is 0 Å². The molecule has 0 fully saturated rings. The first-order valence-corrected chi connectivity index (χ1v) is 6.68. The summed E-state index contributed by atoms with van der Waals surface area (Å²) in [6.07, 6.45) is 12.2. The average Bonchev–Trinajstić information content (AvgIpc) is 2.70. The smallest absolute Gasteiger partial charge is 0.220 e. The largest absolute Gasteiger partial charge is 0.354 e. The van der Waals surface area contributed by atoms with Gasteiger partial charge in [0, 0.05) is 12.5 Å². The third-order valence-corrected chi connectivity index (χ3v) is 3.21. The van der Waals surface area contributed by atoms with Crippen molar-refractivity contribution in [2.24, 2.45) is 5.92 Å². The van der Waals surface area contributed by atoms with E-state index in [1.807, 2.05) is 0 Å². The van der Waals surface area contributed by atoms with E-state index in [2.05, 4.69) is 31.3 Å². The highest BCUT2D eigenvalue weighted by atomic mass is 16.1. The van der Waals surface area contributed by atoms with E-state index < -0.39 is 0 Å². The minimum Gasteiger partial charge on any atom is -0.354 e. The number of nitrogens with one attached hydrogen (secondary N) is 1. The molecule has 1 rings (SSSR count). The SMILES string of the molecule is CCCCC[C@H](C)NC(=O)C[C@H]1C=CCC1. The molecule has 92 valence electrons. The first-order chi connectivity index (χ1) is 7.72. The van der Waals surface area contributed by atoms with E-state index >= 15 is 0 Å². The number of carbonyl (C=O) groups excluding carboxylic acids is 1. The number of hydrogen-bond acceptors (Lipinski definition) is 1. The lowest BCUT2D eigenvalue weighted by molar-refractivity contribution is -0.122. The van der Waals surface area contributed by atoms with Gasteiger partial charge in [0.25, 0.3) is 0 Å². The maximum Gasteiger partial charge on any atom is 0.220 e. The number of hydrogen-bond donors (Lipinski definition) is 1. The van der Waals surface area contributed by atoms with Crippen LogP contribution in [0.2, 0.25) is 0 Å². The van der Waals surface area contributed by atoms with Gasteiger partial charge in [-0.05, 0) is 32.1 Å². The number of carbonyl (C=O) groups is 1. The lowest BCUT2D eigenvalue weighted by Crippen LogP contribution is -2.33. The van der Waals surface area contributed by atoms with Gasteiger partial charge in [0.05, 0.1) is 0 Å². The maximum absolute atomic E-state index is 11.7. The first-order valence-electron chi connectivity index (χ1n) is 6.68. The summed E-state index contributed by atoms with van der Waals surface area (Å²) in [6, 6.07) is 0.337. The van der Waals surface area contributed by atoms with Gasteiger partial charge in [-0.15, -0.1) is 0 Å². The maximum atomic E-state index is 11.7. The van der Waals surface area contributed by atoms with E-state index in [0.717, 1.165) is 19.3 Å². The van der Waals surface area contributed by atoms with Gasteiger partial charge in [0.15, 0.2) is 0 Å². The molecule has 2 nitrogen and oxygen atoms in total. The Hall–Kier alpha value is -0.790. The van der Waals surface area contributed by atoms with Gasteiger partial charge < -0.3 is 5.32 Å². The quantitative estimate of drug-likeness (QED) is 0.520. The summed E-state index contributed by atoms with van der Waals surface area (Å²) in [4.78, 5) is 11.7. The zero-order valence-corrected chi connectivity index (χ0v) is 10.7. The van der Waals surface area contributed by atoms with Gasteiger partial charge in [-0.1, -0.05) is 38.3 Å². The van der Waals surface area contributed by atoms with Gasteiger partial charge in [-0.2, -0.15) is 0 Å². The van der Waals surface area contributed by atoms with Gasteiger partial charge in [-0.25, -0.2) is 0 Å². The molecule has 0 aromatic heterocycles. The topological polar surface area (TPSA) is 29.1 Å². The van der Waals surface area contributed by atoms with Crippen molar-refractivity contribution in [3.63, 3.8) is 0 Å². The molecular weight excluding hydrogens is 198 g/mol. The van der Waals surface area contributed by atoms with Gasteiger partial charge >= 0.3 is 0 Å². The van der Waals surface area contributed by atoms with E-state index in [0.29, 0.717) is 18.4 Å². The third kappa shape index (κ3) is 5.34. The third-order valence-electron chi connectivity index (χ3n) is 3.21. The summed E-state index contributed by atoms with van der Waals surface area (Å²) in [5, 5.41) is 3.09. The molecule has 0 aliphatic heterocycles. The molecule has 0 saturated heterocycles. The number of allylic oxidation sites excluding steroid dienone is 2. The summed E-state index contributed by atoms with van der Waals surface area (Å²) in [5.74, 6) is 0.711. The second-order valence-electron chi connectivity index (χ2n) is 4.93. The van der Waals surface area contributed by atoms with E-state index in [1.54, 1.807) is 0 Å². The molecule has 0 spiro atoms. The molecule has 16 heavy (non-hydrogen) atoms. The highest BCUT2D eigenvalue weighted by Gasteiger charge is 2.15. The molecule has 0 heterocycles. The van der Waals surface area contributed by atoms with Crippen molar-refractivity contribution in [3.05, 3.63) is 12.2 Å². The number of rotatable bonds is 7. The van der Waals surface area contributed by atoms with Crippen molar-refractivity contribution in [1.29, 1.82) is 0 Å². The highest BCUT2D eigenvalue weighted by molar-refractivity contribution is 5.76. The van der Waals surface area contributed by atoms with Crippen LogP contribution in [0.25, 0.3) is 0 Å². The summed E-state index contributed by atoms with van der Waals surface area (Å²) in [7, 11) is 0. The van der Waals surface area contributed by atoms with Gasteiger partial charge in [0.1, 0.15) is 0 Å². The Morgan fingerprint density at radius 2 is 2.31 bits per heavy atom. The number of amides is 1. The van der Waals surface area contributed by atoms with Crippen molar-refractivity contribution >= 4 is 5.91 Å². The average molecular weight is 223 g/mol. The predicted octanol–water partition coefficient (Wildman–Crippen LogP) is 3.43. The molecule has 0 saturated carbocycles. The van der Waals surface area contributed by atoms with E-state index in [-0.39, 0.29) is 5.91 Å². The van der Waals surface area contributed by atoms with E-state index in [9.17, 15) is 4.79 Å². The first kappa shape index (κ1) is 13.3. The Kier molecular flexibility index (Phi) is 6.20. The highest BCUT2D eigenvalue weighted by Crippen LogP contribution is 2.20. The second kappa shape index (κ2) is 7.48. The summed E-state index contributed by atoms with van der Waals surface area (Å²) < 4.78 is 0. The Morgan fingerprint density at radius 1 is 1.50 bits per heavy atom. The molecule has 0 bridgehead atoms. The van der Waals surface area contributed by atoms with Crippen molar-refractivity contribution in [2.75, 3.05) is 0 Å². The Labute approximate surface area is 99.5 Å². The van der Waals surface area contributed by atoms with Crippen LogP contribution in [0, 0.1) is 5.92 Å². The van der Waals surface area contributed by atoms with Crippen LogP contribution in [0.4, 0.5) is 0 Å². The fourth-order valence-electron chi connectivity index (χ4n) is 2.21. The summed E-state index contributed by atoms with van der Waals surface area (Å²) in [6.45, 7) is 4.31. The van der Waals surface area contributed by atoms with Crippen LogP contribution in [-0.4, -0.2) is 11.9 Å². The van der Waals surface area contributed by atoms with Crippen molar-refractivity contribution in [2.45, 2.75) is 64.8 Å². The normalized spacial score (nSPS) is 21.0. The van der Waals surface area contributed by atoms with Gasteiger partial charge in [-0.3, -0.25) is 4.79 Å². The summed E-state index contributed by atoms with van der Waals surface area (Å²) in [5.41, 5.74) is 0. The minimum absolute atomic E-state index is 0.223. The Balaban J connectivity index is 2.10.